The minimum absolute atomic E-state index is 0.134. The molecule has 1 amide bonds. The van der Waals surface area contributed by atoms with Gasteiger partial charge in [-0.1, -0.05) is 43.7 Å². The lowest BCUT2D eigenvalue weighted by atomic mass is 10.1. The van der Waals surface area contributed by atoms with Crippen LogP contribution < -0.4 is 5.32 Å². The molecule has 0 saturated carbocycles. The number of para-hydroxylation sites is 2. The summed E-state index contributed by atoms with van der Waals surface area (Å²) in [6, 6.07) is 14.9. The summed E-state index contributed by atoms with van der Waals surface area (Å²) in [5.41, 5.74) is 2.65. The smallest absolute Gasteiger partial charge is 0.219 e. The van der Waals surface area contributed by atoms with Crippen molar-refractivity contribution < 1.29 is 9.18 Å². The van der Waals surface area contributed by atoms with Crippen molar-refractivity contribution >= 4 is 16.9 Å². The highest BCUT2D eigenvalue weighted by Gasteiger charge is 2.12. The van der Waals surface area contributed by atoms with Crippen LogP contribution in [0.4, 0.5) is 4.39 Å². The van der Waals surface area contributed by atoms with Crippen LogP contribution in [0.2, 0.25) is 0 Å². The number of imidazole rings is 1. The van der Waals surface area contributed by atoms with E-state index in [1.54, 1.807) is 6.07 Å². The van der Waals surface area contributed by atoms with Crippen molar-refractivity contribution in [3.8, 4) is 0 Å². The predicted octanol–water partition coefficient (Wildman–Crippen LogP) is 4.85. The molecule has 0 fully saturated rings. The number of carbonyl (C=O) groups is 1. The first-order chi connectivity index (χ1) is 13.7. The Labute approximate surface area is 165 Å². The van der Waals surface area contributed by atoms with Crippen LogP contribution in [-0.4, -0.2) is 22.0 Å². The van der Waals surface area contributed by atoms with Crippen LogP contribution in [0.1, 0.15) is 50.4 Å². The molecule has 0 saturated heterocycles. The van der Waals surface area contributed by atoms with Crippen molar-refractivity contribution in [2.45, 2.75) is 52.0 Å². The second kappa shape index (κ2) is 10.0. The fraction of sp³-hybridized carbons (Fsp3) is 0.391. The highest BCUT2D eigenvalue weighted by atomic mass is 19.1. The van der Waals surface area contributed by atoms with E-state index in [1.165, 1.54) is 6.07 Å². The highest BCUT2D eigenvalue weighted by molar-refractivity contribution is 5.76. The van der Waals surface area contributed by atoms with Gasteiger partial charge in [0.2, 0.25) is 5.91 Å². The third kappa shape index (κ3) is 5.18. The summed E-state index contributed by atoms with van der Waals surface area (Å²) in [5, 5.41) is 2.95. The monoisotopic (exact) mass is 381 g/mol. The number of aryl methyl sites for hydroxylation is 1. The van der Waals surface area contributed by atoms with E-state index in [0.29, 0.717) is 18.5 Å². The van der Waals surface area contributed by atoms with Gasteiger partial charge in [0, 0.05) is 24.9 Å². The molecular weight excluding hydrogens is 353 g/mol. The maximum atomic E-state index is 14.2. The summed E-state index contributed by atoms with van der Waals surface area (Å²) in [6.07, 6.45) is 5.29. The Hall–Kier alpha value is -2.69. The number of rotatable bonds is 10. The summed E-state index contributed by atoms with van der Waals surface area (Å²) in [4.78, 5) is 16.3. The molecule has 2 aromatic carbocycles. The van der Waals surface area contributed by atoms with Gasteiger partial charge in [0.05, 0.1) is 17.6 Å². The van der Waals surface area contributed by atoms with Crippen molar-refractivity contribution in [2.75, 3.05) is 6.54 Å². The average molecular weight is 381 g/mol. The zero-order chi connectivity index (χ0) is 19.8. The molecule has 1 N–H and O–H groups in total. The molecule has 148 valence electrons. The van der Waals surface area contributed by atoms with Gasteiger partial charge in [-0.15, -0.1) is 0 Å². The van der Waals surface area contributed by atoms with E-state index < -0.39 is 0 Å². The van der Waals surface area contributed by atoms with Crippen LogP contribution in [0, 0.1) is 5.82 Å². The summed E-state index contributed by atoms with van der Waals surface area (Å²) in [5.74, 6) is 0.933. The number of nitrogens with one attached hydrogen (secondary N) is 1. The number of hydrogen-bond donors (Lipinski definition) is 1. The molecule has 5 heteroatoms. The SMILES string of the molecule is CCCC(=O)NCCCCCc1nc2ccccc2n1Cc1ccccc1F. The number of carbonyl (C=O) groups excluding carboxylic acids is 1. The highest BCUT2D eigenvalue weighted by Crippen LogP contribution is 2.20. The number of unbranched alkanes of at least 4 members (excludes halogenated alkanes) is 2. The standard InChI is InChI=1S/C23H28FN3O/c1-2-10-23(28)25-16-9-3-4-15-22-26-20-13-7-8-14-21(20)27(22)17-18-11-5-6-12-19(18)24/h5-8,11-14H,2-4,9-10,15-17H2,1H3,(H,25,28). The summed E-state index contributed by atoms with van der Waals surface area (Å²) < 4.78 is 16.3. The molecule has 0 unspecified atom stereocenters. The predicted molar refractivity (Wildman–Crippen MR) is 111 cm³/mol. The van der Waals surface area contributed by atoms with Crippen LogP contribution in [0.3, 0.4) is 0 Å². The van der Waals surface area contributed by atoms with Crippen LogP contribution in [-0.2, 0) is 17.8 Å². The van der Waals surface area contributed by atoms with E-state index in [4.69, 9.17) is 4.98 Å². The van der Waals surface area contributed by atoms with Gasteiger partial charge in [0.25, 0.3) is 0 Å². The van der Waals surface area contributed by atoms with Crippen LogP contribution in [0.15, 0.2) is 48.5 Å². The lowest BCUT2D eigenvalue weighted by Gasteiger charge is -2.10. The number of fused-ring (bicyclic) bond motifs is 1. The van der Waals surface area contributed by atoms with Gasteiger partial charge >= 0.3 is 0 Å². The summed E-state index contributed by atoms with van der Waals surface area (Å²) >= 11 is 0. The Morgan fingerprint density at radius 3 is 2.68 bits per heavy atom. The molecule has 0 atom stereocenters. The zero-order valence-corrected chi connectivity index (χ0v) is 16.5. The van der Waals surface area contributed by atoms with Gasteiger partial charge in [-0.05, 0) is 37.5 Å². The first-order valence-corrected chi connectivity index (χ1v) is 10.1. The van der Waals surface area contributed by atoms with Crippen LogP contribution in [0.5, 0.6) is 0 Å². The molecule has 0 bridgehead atoms. The number of amides is 1. The van der Waals surface area contributed by atoms with E-state index in [1.807, 2.05) is 43.3 Å². The van der Waals surface area contributed by atoms with E-state index in [9.17, 15) is 9.18 Å². The quantitative estimate of drug-likeness (QED) is 0.510. The molecule has 0 spiro atoms. The number of hydrogen-bond acceptors (Lipinski definition) is 2. The Morgan fingerprint density at radius 1 is 1.07 bits per heavy atom. The molecule has 0 aliphatic rings. The molecule has 4 nitrogen and oxygen atoms in total. The number of halogens is 1. The first-order valence-electron chi connectivity index (χ1n) is 10.1. The van der Waals surface area contributed by atoms with Gasteiger partial charge in [-0.25, -0.2) is 9.37 Å². The van der Waals surface area contributed by atoms with Gasteiger partial charge in [0.15, 0.2) is 0 Å². The van der Waals surface area contributed by atoms with Crippen molar-refractivity contribution in [1.29, 1.82) is 0 Å². The van der Waals surface area contributed by atoms with Crippen molar-refractivity contribution in [3.05, 3.63) is 65.7 Å². The number of nitrogens with zero attached hydrogens (tertiary/aromatic N) is 2. The summed E-state index contributed by atoms with van der Waals surface area (Å²) in [7, 11) is 0. The van der Waals surface area contributed by atoms with Gasteiger partial charge in [-0.2, -0.15) is 0 Å². The second-order valence-corrected chi connectivity index (χ2v) is 7.10. The van der Waals surface area contributed by atoms with Crippen molar-refractivity contribution in [2.24, 2.45) is 0 Å². The Bertz CT molecular complexity index is 919. The first kappa shape index (κ1) is 20.1. The third-order valence-corrected chi connectivity index (χ3v) is 4.90. The molecule has 0 aliphatic carbocycles. The number of aromatic nitrogens is 2. The summed E-state index contributed by atoms with van der Waals surface area (Å²) in [6.45, 7) is 3.22. The van der Waals surface area contributed by atoms with Gasteiger partial charge < -0.3 is 9.88 Å². The van der Waals surface area contributed by atoms with Crippen LogP contribution in [0.25, 0.3) is 11.0 Å². The lowest BCUT2D eigenvalue weighted by molar-refractivity contribution is -0.121. The minimum atomic E-state index is -0.186. The minimum Gasteiger partial charge on any atom is -0.356 e. The largest absolute Gasteiger partial charge is 0.356 e. The molecule has 1 heterocycles. The van der Waals surface area contributed by atoms with E-state index in [0.717, 1.165) is 55.5 Å². The lowest BCUT2D eigenvalue weighted by Crippen LogP contribution is -2.23. The van der Waals surface area contributed by atoms with E-state index >= 15 is 0 Å². The average Bonchev–Trinajstić information content (AvgIpc) is 3.04. The maximum Gasteiger partial charge on any atom is 0.219 e. The molecule has 3 aromatic rings. The van der Waals surface area contributed by atoms with Gasteiger partial charge in [-0.3, -0.25) is 4.79 Å². The Balaban J connectivity index is 1.63. The van der Waals surface area contributed by atoms with Crippen LogP contribution >= 0.6 is 0 Å². The normalized spacial score (nSPS) is 11.1. The van der Waals surface area contributed by atoms with Crippen molar-refractivity contribution in [1.82, 2.24) is 14.9 Å². The Morgan fingerprint density at radius 2 is 1.86 bits per heavy atom. The van der Waals surface area contributed by atoms with E-state index in [2.05, 4.69) is 9.88 Å². The fourth-order valence-corrected chi connectivity index (χ4v) is 3.42. The topological polar surface area (TPSA) is 46.9 Å². The van der Waals surface area contributed by atoms with Gasteiger partial charge in [0.1, 0.15) is 11.6 Å². The van der Waals surface area contributed by atoms with E-state index in [-0.39, 0.29) is 11.7 Å². The second-order valence-electron chi connectivity index (χ2n) is 7.10. The zero-order valence-electron chi connectivity index (χ0n) is 16.5. The molecule has 3 rings (SSSR count). The molecule has 0 radical (unpaired) electrons. The fourth-order valence-electron chi connectivity index (χ4n) is 3.42. The molecule has 1 aromatic heterocycles. The maximum absolute atomic E-state index is 14.2. The van der Waals surface area contributed by atoms with Crippen molar-refractivity contribution in [3.63, 3.8) is 0 Å². The third-order valence-electron chi connectivity index (χ3n) is 4.90. The Kier molecular flexibility index (Phi) is 7.18. The molecular formula is C23H28FN3O. The molecule has 0 aliphatic heterocycles. The number of benzene rings is 2. The molecule has 28 heavy (non-hydrogen) atoms.